The van der Waals surface area contributed by atoms with E-state index >= 15 is 0 Å². The minimum atomic E-state index is -4.73. The molecule has 22 heavy (non-hydrogen) atoms. The molecule has 1 aliphatic rings. The second kappa shape index (κ2) is 5.56. The van der Waals surface area contributed by atoms with Gasteiger partial charge in [0.15, 0.2) is 17.2 Å². The van der Waals surface area contributed by atoms with Crippen molar-refractivity contribution in [1.82, 2.24) is 0 Å². The maximum atomic E-state index is 13.5. The zero-order valence-electron chi connectivity index (χ0n) is 11.2. The number of methoxy groups -OCH3 is 1. The van der Waals surface area contributed by atoms with E-state index in [9.17, 15) is 22.0 Å². The van der Waals surface area contributed by atoms with E-state index in [1.165, 1.54) is 0 Å². The highest BCUT2D eigenvalue weighted by atomic mass is 35.5. The number of alkyl halides is 3. The lowest BCUT2D eigenvalue weighted by Gasteiger charge is -2.30. The van der Waals surface area contributed by atoms with Crippen molar-refractivity contribution >= 4 is 17.3 Å². The molecule has 1 aromatic rings. The number of anilines is 1. The first kappa shape index (κ1) is 16.8. The lowest BCUT2D eigenvalue weighted by molar-refractivity contribution is -0.261. The summed E-state index contributed by atoms with van der Waals surface area (Å²) < 4.78 is 70.9. The first-order chi connectivity index (χ1) is 10.2. The fraction of sp³-hybridized carbons (Fsp3) is 0.462. The van der Waals surface area contributed by atoms with E-state index in [1.54, 1.807) is 6.07 Å². The SMILES string of the molecule is COC1(C(F)(F)F)CC(C#N)N(c2ccc(F)c(F)c2Cl)C1. The van der Waals surface area contributed by atoms with Gasteiger partial charge in [0, 0.05) is 13.5 Å². The molecular weight excluding hydrogens is 331 g/mol. The lowest BCUT2D eigenvalue weighted by Crippen LogP contribution is -2.49. The van der Waals surface area contributed by atoms with Gasteiger partial charge in [0.1, 0.15) is 11.1 Å². The predicted molar refractivity (Wildman–Crippen MR) is 68.5 cm³/mol. The maximum absolute atomic E-state index is 13.5. The van der Waals surface area contributed by atoms with Gasteiger partial charge in [-0.15, -0.1) is 0 Å². The number of nitriles is 1. The van der Waals surface area contributed by atoms with E-state index < -0.39 is 47.4 Å². The van der Waals surface area contributed by atoms with Crippen molar-refractivity contribution < 1.29 is 26.7 Å². The number of ether oxygens (including phenoxy) is 1. The Morgan fingerprint density at radius 3 is 2.55 bits per heavy atom. The molecule has 0 saturated carbocycles. The summed E-state index contributed by atoms with van der Waals surface area (Å²) in [5.41, 5.74) is -2.75. The summed E-state index contributed by atoms with van der Waals surface area (Å²) in [7, 11) is 0.887. The summed E-state index contributed by atoms with van der Waals surface area (Å²) >= 11 is 5.66. The maximum Gasteiger partial charge on any atom is 0.419 e. The van der Waals surface area contributed by atoms with E-state index in [0.717, 1.165) is 24.1 Å². The molecule has 1 saturated heterocycles. The number of hydrogen-bond acceptors (Lipinski definition) is 3. The molecule has 2 rings (SSSR count). The zero-order valence-corrected chi connectivity index (χ0v) is 12.0. The van der Waals surface area contributed by atoms with Crippen molar-refractivity contribution in [1.29, 1.82) is 5.26 Å². The minimum Gasteiger partial charge on any atom is -0.367 e. The van der Waals surface area contributed by atoms with E-state index in [0.29, 0.717) is 0 Å². The summed E-state index contributed by atoms with van der Waals surface area (Å²) in [5.74, 6) is -2.60. The standard InChI is InChI=1S/C13H10ClF5N2O/c1-22-12(13(17,18)19)4-7(5-20)21(6-12)9-3-2-8(15)11(16)10(9)14/h2-3,7H,4,6H2,1H3. The van der Waals surface area contributed by atoms with Gasteiger partial charge in [-0.05, 0) is 12.1 Å². The van der Waals surface area contributed by atoms with Crippen LogP contribution in [0.5, 0.6) is 0 Å². The summed E-state index contributed by atoms with van der Waals surface area (Å²) in [4.78, 5) is 0.974. The molecule has 0 spiro atoms. The van der Waals surface area contributed by atoms with E-state index in [2.05, 4.69) is 4.74 Å². The first-order valence-corrected chi connectivity index (χ1v) is 6.46. The molecule has 1 fully saturated rings. The van der Waals surface area contributed by atoms with Crippen molar-refractivity contribution in [3.63, 3.8) is 0 Å². The van der Waals surface area contributed by atoms with E-state index in [-0.39, 0.29) is 5.69 Å². The van der Waals surface area contributed by atoms with Gasteiger partial charge in [-0.2, -0.15) is 18.4 Å². The number of nitrogens with zero attached hydrogens (tertiary/aromatic N) is 2. The molecule has 1 heterocycles. The van der Waals surface area contributed by atoms with Crippen LogP contribution >= 0.6 is 11.6 Å². The second-order valence-electron chi connectivity index (χ2n) is 4.87. The molecule has 2 unspecified atom stereocenters. The third-order valence-corrected chi connectivity index (χ3v) is 4.07. The molecule has 0 aliphatic carbocycles. The number of rotatable bonds is 2. The molecule has 3 nitrogen and oxygen atoms in total. The molecule has 0 aromatic heterocycles. The average molecular weight is 341 g/mol. The average Bonchev–Trinajstić information content (AvgIpc) is 2.85. The van der Waals surface area contributed by atoms with Crippen LogP contribution in [-0.2, 0) is 4.74 Å². The van der Waals surface area contributed by atoms with Crippen LogP contribution in [-0.4, -0.2) is 31.5 Å². The summed E-state index contributed by atoms with van der Waals surface area (Å²) in [6.45, 7) is -0.740. The van der Waals surface area contributed by atoms with E-state index in [4.69, 9.17) is 16.9 Å². The van der Waals surface area contributed by atoms with Crippen LogP contribution in [0, 0.1) is 23.0 Å². The highest BCUT2D eigenvalue weighted by Crippen LogP contribution is 2.45. The van der Waals surface area contributed by atoms with Crippen LogP contribution in [0.4, 0.5) is 27.6 Å². The third kappa shape index (κ3) is 2.48. The molecular formula is C13H10ClF5N2O. The Morgan fingerprint density at radius 1 is 1.41 bits per heavy atom. The molecule has 9 heteroatoms. The largest absolute Gasteiger partial charge is 0.419 e. The van der Waals surface area contributed by atoms with Gasteiger partial charge in [-0.1, -0.05) is 11.6 Å². The summed E-state index contributed by atoms with van der Waals surface area (Å²) in [6, 6.07) is 2.25. The predicted octanol–water partition coefficient (Wildman–Crippen LogP) is 3.67. The van der Waals surface area contributed by atoms with Crippen molar-refractivity contribution in [3.8, 4) is 6.07 Å². The van der Waals surface area contributed by atoms with Crippen LogP contribution < -0.4 is 4.90 Å². The van der Waals surface area contributed by atoms with Crippen LogP contribution in [0.2, 0.25) is 5.02 Å². The lowest BCUT2D eigenvalue weighted by atomic mass is 10.00. The Hall–Kier alpha value is -1.59. The fourth-order valence-corrected chi connectivity index (χ4v) is 2.71. The normalized spacial score (nSPS) is 25.4. The quantitative estimate of drug-likeness (QED) is 0.609. The number of benzene rings is 1. The number of hydrogen-bond donors (Lipinski definition) is 0. The smallest absolute Gasteiger partial charge is 0.367 e. The molecule has 2 atom stereocenters. The summed E-state index contributed by atoms with van der Waals surface area (Å²) in [5, 5.41) is 8.41. The highest BCUT2D eigenvalue weighted by molar-refractivity contribution is 6.33. The van der Waals surface area contributed by atoms with Gasteiger partial charge < -0.3 is 9.64 Å². The van der Waals surface area contributed by atoms with Crippen LogP contribution in [0.25, 0.3) is 0 Å². The molecule has 1 aromatic carbocycles. The third-order valence-electron chi connectivity index (χ3n) is 3.71. The van der Waals surface area contributed by atoms with Gasteiger partial charge in [0.05, 0.1) is 18.3 Å². The Bertz CT molecular complexity index is 630. The summed E-state index contributed by atoms with van der Waals surface area (Å²) in [6.07, 6.45) is -5.38. The Labute approximate surface area is 127 Å². The first-order valence-electron chi connectivity index (χ1n) is 6.08. The van der Waals surface area contributed by atoms with Crippen molar-refractivity contribution in [2.75, 3.05) is 18.6 Å². The van der Waals surface area contributed by atoms with Crippen molar-refractivity contribution in [2.45, 2.75) is 24.2 Å². The second-order valence-corrected chi connectivity index (χ2v) is 5.25. The molecule has 0 radical (unpaired) electrons. The molecule has 1 aliphatic heterocycles. The van der Waals surface area contributed by atoms with Crippen molar-refractivity contribution in [3.05, 3.63) is 28.8 Å². The molecule has 0 amide bonds. The van der Waals surface area contributed by atoms with Gasteiger partial charge in [0.2, 0.25) is 0 Å². The van der Waals surface area contributed by atoms with Crippen LogP contribution in [0.15, 0.2) is 12.1 Å². The zero-order chi connectivity index (χ0) is 16.7. The Kier molecular flexibility index (Phi) is 4.24. The fourth-order valence-electron chi connectivity index (χ4n) is 2.45. The topological polar surface area (TPSA) is 36.3 Å². The van der Waals surface area contributed by atoms with Crippen LogP contribution in [0.1, 0.15) is 6.42 Å². The monoisotopic (exact) mass is 340 g/mol. The van der Waals surface area contributed by atoms with Crippen molar-refractivity contribution in [2.24, 2.45) is 0 Å². The van der Waals surface area contributed by atoms with Gasteiger partial charge in [-0.25, -0.2) is 8.78 Å². The van der Waals surface area contributed by atoms with E-state index in [1.807, 2.05) is 0 Å². The molecule has 120 valence electrons. The molecule has 0 N–H and O–H groups in total. The highest BCUT2D eigenvalue weighted by Gasteiger charge is 2.62. The van der Waals surface area contributed by atoms with Gasteiger partial charge >= 0.3 is 6.18 Å². The minimum absolute atomic E-state index is 0.185. The Morgan fingerprint density at radius 2 is 2.05 bits per heavy atom. The number of halogens is 6. The van der Waals surface area contributed by atoms with Crippen LogP contribution in [0.3, 0.4) is 0 Å². The van der Waals surface area contributed by atoms with Gasteiger partial charge in [-0.3, -0.25) is 0 Å². The molecule has 0 bridgehead atoms. The Balaban J connectivity index is 2.49. The van der Waals surface area contributed by atoms with Gasteiger partial charge in [0.25, 0.3) is 0 Å².